The number of rotatable bonds is 3. The summed E-state index contributed by atoms with van der Waals surface area (Å²) in [6, 6.07) is 9.20. The summed E-state index contributed by atoms with van der Waals surface area (Å²) in [7, 11) is 0. The number of hydrogen-bond acceptors (Lipinski definition) is 4. The topological polar surface area (TPSA) is 52.7 Å². The highest BCUT2D eigenvalue weighted by Gasteiger charge is 2.37. The van der Waals surface area contributed by atoms with Crippen LogP contribution in [0.5, 0.6) is 0 Å². The molecule has 0 radical (unpaired) electrons. The van der Waals surface area contributed by atoms with Gasteiger partial charge in [0.15, 0.2) is 5.11 Å². The maximum Gasteiger partial charge on any atom is 0.270 e. The van der Waals surface area contributed by atoms with Gasteiger partial charge < -0.3 is 4.90 Å². The lowest BCUT2D eigenvalue weighted by Gasteiger charge is -2.47. The molecule has 8 heteroatoms. The molecule has 1 saturated heterocycles. The van der Waals surface area contributed by atoms with Crippen molar-refractivity contribution in [1.29, 1.82) is 0 Å². The highest BCUT2D eigenvalue weighted by molar-refractivity contribution is 7.80. The molecule has 2 heterocycles. The Kier molecular flexibility index (Phi) is 6.53. The van der Waals surface area contributed by atoms with Crippen LogP contribution >= 0.6 is 35.4 Å². The van der Waals surface area contributed by atoms with Crippen molar-refractivity contribution >= 4 is 69.8 Å². The molecule has 1 fully saturated rings. The van der Waals surface area contributed by atoms with Crippen LogP contribution in [0.25, 0.3) is 6.08 Å². The van der Waals surface area contributed by atoms with E-state index in [0.29, 0.717) is 16.6 Å². The van der Waals surface area contributed by atoms with E-state index in [1.807, 2.05) is 6.92 Å². The molecule has 0 aliphatic carbocycles. The molecule has 0 bridgehead atoms. The molecule has 0 saturated carbocycles. The first-order valence-corrected chi connectivity index (χ1v) is 12.4. The number of nitrogens with zero attached hydrogens (tertiary/aromatic N) is 2. The third-order valence-corrected chi connectivity index (χ3v) is 7.76. The molecule has 4 rings (SSSR count). The number of benzene rings is 2. The molecule has 1 atom stereocenters. The lowest BCUT2D eigenvalue weighted by Crippen LogP contribution is -2.54. The van der Waals surface area contributed by atoms with Gasteiger partial charge in [-0.15, -0.1) is 0 Å². The fourth-order valence-corrected chi connectivity index (χ4v) is 5.76. The number of nitrogens with one attached hydrogen (secondary N) is 1. The van der Waals surface area contributed by atoms with Crippen molar-refractivity contribution in [3.63, 3.8) is 0 Å². The normalized spacial score (nSPS) is 21.1. The third kappa shape index (κ3) is 4.12. The van der Waals surface area contributed by atoms with E-state index >= 15 is 0 Å². The Bertz CT molecular complexity index is 1250. The number of anilines is 2. The van der Waals surface area contributed by atoms with E-state index in [-0.39, 0.29) is 21.2 Å². The number of halogens is 2. The van der Waals surface area contributed by atoms with Crippen LogP contribution in [0.3, 0.4) is 0 Å². The minimum absolute atomic E-state index is 0.0103. The molecule has 2 amide bonds. The number of fused-ring (bicyclic) bond motifs is 1. The first-order valence-electron chi connectivity index (χ1n) is 11.2. The van der Waals surface area contributed by atoms with Crippen molar-refractivity contribution in [1.82, 2.24) is 5.32 Å². The Hall–Kier alpha value is -2.41. The standard InChI is InChI=1S/C26H27Cl2N3O2S/c1-6-30-21-10-14(2)16(11-17(21)15(3)13-26(30,4)5)12-18-23(32)29-25(34)31(24(18)33)20-9-7-8-19(27)22(20)28/h7-12,15H,6,13H2,1-5H3,(H,29,32,34)/b18-12-. The summed E-state index contributed by atoms with van der Waals surface area (Å²) in [5, 5.41) is 3.06. The molecule has 5 nitrogen and oxygen atoms in total. The first kappa shape index (κ1) is 24.7. The van der Waals surface area contributed by atoms with Crippen LogP contribution < -0.4 is 15.1 Å². The van der Waals surface area contributed by atoms with E-state index in [9.17, 15) is 9.59 Å². The molecular formula is C26H27Cl2N3O2S. The van der Waals surface area contributed by atoms with Gasteiger partial charge in [0.05, 0.1) is 15.7 Å². The average molecular weight is 516 g/mol. The summed E-state index contributed by atoms with van der Waals surface area (Å²) in [4.78, 5) is 29.9. The Morgan fingerprint density at radius 2 is 1.91 bits per heavy atom. The monoisotopic (exact) mass is 515 g/mol. The van der Waals surface area contributed by atoms with Gasteiger partial charge in [-0.1, -0.05) is 36.2 Å². The number of aryl methyl sites for hydroxylation is 1. The van der Waals surface area contributed by atoms with Crippen molar-refractivity contribution in [3.8, 4) is 0 Å². The SMILES string of the molecule is CCN1c2cc(C)c(/C=C3/C(=O)NC(=S)N(c4cccc(Cl)c4Cl)C3=O)cc2C(C)CC1(C)C. The molecule has 34 heavy (non-hydrogen) atoms. The molecular weight excluding hydrogens is 489 g/mol. The number of carbonyl (C=O) groups excluding carboxylic acids is 2. The van der Waals surface area contributed by atoms with Gasteiger partial charge in [-0.25, -0.2) is 0 Å². The van der Waals surface area contributed by atoms with Crippen molar-refractivity contribution in [3.05, 3.63) is 62.6 Å². The highest BCUT2D eigenvalue weighted by Crippen LogP contribution is 2.44. The molecule has 178 valence electrons. The van der Waals surface area contributed by atoms with E-state index < -0.39 is 11.8 Å². The zero-order valence-corrected chi connectivity index (χ0v) is 22.2. The molecule has 2 aliphatic rings. The molecule has 1 unspecified atom stereocenters. The lowest BCUT2D eigenvalue weighted by molar-refractivity contribution is -0.122. The van der Waals surface area contributed by atoms with Gasteiger partial charge in [-0.3, -0.25) is 19.8 Å². The highest BCUT2D eigenvalue weighted by atomic mass is 35.5. The van der Waals surface area contributed by atoms with E-state index in [2.05, 4.69) is 50.0 Å². The Morgan fingerprint density at radius 1 is 1.21 bits per heavy atom. The van der Waals surface area contributed by atoms with Crippen molar-refractivity contribution in [2.45, 2.75) is 52.5 Å². The summed E-state index contributed by atoms with van der Waals surface area (Å²) in [5.74, 6) is -0.735. The maximum atomic E-state index is 13.5. The van der Waals surface area contributed by atoms with Crippen LogP contribution in [0.1, 0.15) is 56.7 Å². The first-order chi connectivity index (χ1) is 16.0. The van der Waals surface area contributed by atoms with Gasteiger partial charge in [-0.05, 0) is 99.3 Å². The van der Waals surface area contributed by atoms with Gasteiger partial charge in [0.2, 0.25) is 0 Å². The Balaban J connectivity index is 1.80. The summed E-state index contributed by atoms with van der Waals surface area (Å²) in [6.45, 7) is 11.8. The molecule has 2 aromatic carbocycles. The molecule has 2 aromatic rings. The van der Waals surface area contributed by atoms with Gasteiger partial charge in [-0.2, -0.15) is 0 Å². The Labute approximate surface area is 215 Å². The smallest absolute Gasteiger partial charge is 0.270 e. The van der Waals surface area contributed by atoms with Crippen molar-refractivity contribution in [2.75, 3.05) is 16.3 Å². The van der Waals surface area contributed by atoms with Crippen LogP contribution in [-0.4, -0.2) is 29.0 Å². The minimum Gasteiger partial charge on any atom is -0.366 e. The van der Waals surface area contributed by atoms with Crippen LogP contribution in [-0.2, 0) is 9.59 Å². The number of amides is 2. The average Bonchev–Trinajstić information content (AvgIpc) is 2.74. The van der Waals surface area contributed by atoms with Gasteiger partial charge in [0.1, 0.15) is 5.57 Å². The fourth-order valence-electron chi connectivity index (χ4n) is 5.10. The maximum absolute atomic E-state index is 13.5. The third-order valence-electron chi connectivity index (χ3n) is 6.66. The number of carbonyl (C=O) groups is 2. The molecule has 0 aromatic heterocycles. The van der Waals surface area contributed by atoms with Crippen LogP contribution in [0.15, 0.2) is 35.9 Å². The second kappa shape index (κ2) is 8.99. The number of hydrogen-bond donors (Lipinski definition) is 1. The number of thiocarbonyl (C=S) groups is 1. The lowest BCUT2D eigenvalue weighted by atomic mass is 9.79. The summed E-state index contributed by atoms with van der Waals surface area (Å²) < 4.78 is 0. The second-order valence-electron chi connectivity index (χ2n) is 9.46. The summed E-state index contributed by atoms with van der Waals surface area (Å²) >= 11 is 17.8. The van der Waals surface area contributed by atoms with Gasteiger partial charge >= 0.3 is 0 Å². The fraction of sp³-hybridized carbons (Fsp3) is 0.346. The van der Waals surface area contributed by atoms with Crippen LogP contribution in [0.4, 0.5) is 11.4 Å². The molecule has 2 aliphatic heterocycles. The van der Waals surface area contributed by atoms with E-state index in [4.69, 9.17) is 35.4 Å². The van der Waals surface area contributed by atoms with Crippen molar-refractivity contribution in [2.24, 2.45) is 0 Å². The zero-order valence-electron chi connectivity index (χ0n) is 19.8. The zero-order chi connectivity index (χ0) is 24.9. The largest absolute Gasteiger partial charge is 0.366 e. The van der Waals surface area contributed by atoms with E-state index in [1.165, 1.54) is 16.2 Å². The van der Waals surface area contributed by atoms with Crippen LogP contribution in [0, 0.1) is 6.92 Å². The van der Waals surface area contributed by atoms with E-state index in [0.717, 1.165) is 24.1 Å². The molecule has 1 N–H and O–H groups in total. The second-order valence-corrected chi connectivity index (χ2v) is 10.6. The quantitative estimate of drug-likeness (QED) is 0.298. The van der Waals surface area contributed by atoms with Gasteiger partial charge in [0.25, 0.3) is 11.8 Å². The summed E-state index contributed by atoms with van der Waals surface area (Å²) in [5.41, 5.74) is 4.60. The summed E-state index contributed by atoms with van der Waals surface area (Å²) in [6.07, 6.45) is 2.66. The predicted molar refractivity (Wildman–Crippen MR) is 144 cm³/mol. The predicted octanol–water partition coefficient (Wildman–Crippen LogP) is 6.25. The van der Waals surface area contributed by atoms with E-state index in [1.54, 1.807) is 24.3 Å². The van der Waals surface area contributed by atoms with Crippen LogP contribution in [0.2, 0.25) is 10.0 Å². The molecule has 0 spiro atoms. The minimum atomic E-state index is -0.542. The van der Waals surface area contributed by atoms with Gasteiger partial charge in [0, 0.05) is 17.8 Å². The van der Waals surface area contributed by atoms with Crippen molar-refractivity contribution < 1.29 is 9.59 Å². The Morgan fingerprint density at radius 3 is 2.59 bits per heavy atom.